The number of ether oxygens (including phenoxy) is 4. The van der Waals surface area contributed by atoms with Crippen LogP contribution in [0.4, 0.5) is 0 Å². The molecule has 0 bridgehead atoms. The SMILES string of the molecule is CCOCCOCCOc1ccc(C2(c3ccccc3)C=Cc3c4c(c5ccccc5c3O2)-c2ccc(C)cc2C4(C)C)cc1. The van der Waals surface area contributed by atoms with Crippen LogP contribution in [0, 0.1) is 6.92 Å². The molecule has 0 N–H and O–H groups in total. The molecule has 0 spiro atoms. The lowest BCUT2D eigenvalue weighted by Crippen LogP contribution is -2.35. The van der Waals surface area contributed by atoms with Gasteiger partial charge in [-0.25, -0.2) is 0 Å². The van der Waals surface area contributed by atoms with Gasteiger partial charge in [-0.2, -0.15) is 0 Å². The lowest BCUT2D eigenvalue weighted by molar-refractivity contribution is 0.0405. The van der Waals surface area contributed by atoms with Gasteiger partial charge in [0.15, 0.2) is 5.60 Å². The molecule has 0 aromatic heterocycles. The Morgan fingerprint density at radius 2 is 1.40 bits per heavy atom. The molecule has 0 saturated heterocycles. The third-order valence-electron chi connectivity index (χ3n) is 9.25. The van der Waals surface area contributed by atoms with Crippen LogP contribution in [-0.4, -0.2) is 33.0 Å². The van der Waals surface area contributed by atoms with Crippen LogP contribution >= 0.6 is 0 Å². The Labute approximate surface area is 266 Å². The van der Waals surface area contributed by atoms with Crippen molar-refractivity contribution in [1.29, 1.82) is 0 Å². The van der Waals surface area contributed by atoms with Gasteiger partial charge in [-0.1, -0.05) is 110 Å². The molecule has 4 nitrogen and oxygen atoms in total. The number of rotatable bonds is 10. The van der Waals surface area contributed by atoms with Crippen molar-refractivity contribution >= 4 is 16.8 Å². The number of aryl methyl sites for hydroxylation is 1. The van der Waals surface area contributed by atoms with Crippen molar-refractivity contribution in [2.24, 2.45) is 0 Å². The zero-order valence-corrected chi connectivity index (χ0v) is 26.6. The van der Waals surface area contributed by atoms with Crippen LogP contribution in [0.25, 0.3) is 28.0 Å². The highest BCUT2D eigenvalue weighted by Crippen LogP contribution is 2.58. The van der Waals surface area contributed by atoms with E-state index in [0.29, 0.717) is 33.0 Å². The first-order chi connectivity index (χ1) is 21.9. The fraction of sp³-hybridized carbons (Fsp3) is 0.268. The molecule has 1 aliphatic carbocycles. The van der Waals surface area contributed by atoms with E-state index in [4.69, 9.17) is 18.9 Å². The van der Waals surface area contributed by atoms with Gasteiger partial charge in [-0.05, 0) is 59.7 Å². The molecule has 1 atom stereocenters. The molecule has 0 radical (unpaired) electrons. The van der Waals surface area contributed by atoms with Gasteiger partial charge >= 0.3 is 0 Å². The predicted octanol–water partition coefficient (Wildman–Crippen LogP) is 9.24. The largest absolute Gasteiger partial charge is 0.491 e. The monoisotopic (exact) mass is 596 g/mol. The van der Waals surface area contributed by atoms with Crippen LogP contribution in [-0.2, 0) is 20.5 Å². The molecule has 228 valence electrons. The summed E-state index contributed by atoms with van der Waals surface area (Å²) >= 11 is 0. The highest BCUT2D eigenvalue weighted by molar-refractivity contribution is 6.08. The average molecular weight is 597 g/mol. The summed E-state index contributed by atoms with van der Waals surface area (Å²) in [6, 6.07) is 34.4. The fourth-order valence-electron chi connectivity index (χ4n) is 7.09. The van der Waals surface area contributed by atoms with E-state index >= 15 is 0 Å². The Kier molecular flexibility index (Phi) is 7.72. The van der Waals surface area contributed by atoms with Crippen molar-refractivity contribution in [3.05, 3.63) is 137 Å². The first-order valence-corrected chi connectivity index (χ1v) is 16.0. The minimum Gasteiger partial charge on any atom is -0.491 e. The Bertz CT molecular complexity index is 1870. The summed E-state index contributed by atoms with van der Waals surface area (Å²) in [7, 11) is 0. The smallest absolute Gasteiger partial charge is 0.178 e. The molecule has 5 aromatic carbocycles. The molecule has 1 heterocycles. The van der Waals surface area contributed by atoms with Crippen LogP contribution in [0.3, 0.4) is 0 Å². The van der Waals surface area contributed by atoms with Gasteiger partial charge in [-0.15, -0.1) is 0 Å². The zero-order chi connectivity index (χ0) is 31.0. The summed E-state index contributed by atoms with van der Waals surface area (Å²) in [5.41, 5.74) is 8.94. The van der Waals surface area contributed by atoms with Crippen molar-refractivity contribution in [2.75, 3.05) is 33.0 Å². The highest BCUT2D eigenvalue weighted by atomic mass is 16.5. The van der Waals surface area contributed by atoms with E-state index in [0.717, 1.165) is 28.0 Å². The van der Waals surface area contributed by atoms with Crippen LogP contribution in [0.2, 0.25) is 0 Å². The van der Waals surface area contributed by atoms with Crippen molar-refractivity contribution in [3.63, 3.8) is 0 Å². The van der Waals surface area contributed by atoms with E-state index in [9.17, 15) is 0 Å². The lowest BCUT2D eigenvalue weighted by Gasteiger charge is -2.38. The van der Waals surface area contributed by atoms with E-state index in [1.54, 1.807) is 0 Å². The maximum Gasteiger partial charge on any atom is 0.178 e. The van der Waals surface area contributed by atoms with Gasteiger partial charge in [0.2, 0.25) is 0 Å². The average Bonchev–Trinajstić information content (AvgIpc) is 3.31. The third kappa shape index (κ3) is 5.03. The highest BCUT2D eigenvalue weighted by Gasteiger charge is 2.44. The van der Waals surface area contributed by atoms with Crippen molar-refractivity contribution in [2.45, 2.75) is 38.7 Å². The van der Waals surface area contributed by atoms with Crippen molar-refractivity contribution in [3.8, 4) is 22.6 Å². The summed E-state index contributed by atoms with van der Waals surface area (Å²) in [5, 5.41) is 2.36. The van der Waals surface area contributed by atoms with Gasteiger partial charge in [0.05, 0.1) is 19.8 Å². The molecule has 4 heteroatoms. The zero-order valence-electron chi connectivity index (χ0n) is 26.6. The molecule has 0 fully saturated rings. The molecule has 7 rings (SSSR count). The van der Waals surface area contributed by atoms with Crippen LogP contribution in [0.5, 0.6) is 11.5 Å². The van der Waals surface area contributed by atoms with Crippen LogP contribution < -0.4 is 9.47 Å². The molecule has 0 amide bonds. The fourth-order valence-corrected chi connectivity index (χ4v) is 7.09. The summed E-state index contributed by atoms with van der Waals surface area (Å²) in [4.78, 5) is 0. The van der Waals surface area contributed by atoms with Gasteiger partial charge < -0.3 is 18.9 Å². The maximum atomic E-state index is 7.37. The number of hydrogen-bond donors (Lipinski definition) is 0. The molecule has 45 heavy (non-hydrogen) atoms. The molecule has 1 unspecified atom stereocenters. The lowest BCUT2D eigenvalue weighted by atomic mass is 9.76. The topological polar surface area (TPSA) is 36.9 Å². The molecule has 1 aliphatic heterocycles. The third-order valence-corrected chi connectivity index (χ3v) is 9.25. The summed E-state index contributed by atoms with van der Waals surface area (Å²) in [6.07, 6.45) is 4.55. The Hall–Kier alpha value is -4.38. The van der Waals surface area contributed by atoms with E-state index in [1.165, 1.54) is 38.8 Å². The first-order valence-electron chi connectivity index (χ1n) is 16.0. The molecule has 5 aromatic rings. The van der Waals surface area contributed by atoms with E-state index < -0.39 is 5.60 Å². The standard InChI is InChI=1S/C41H40O4/c1-5-42-23-24-43-25-26-44-31-18-16-30(17-19-31)41(29-11-7-6-8-12-29)22-21-35-38-37(32-13-9-10-14-33(32)39(35)45-41)34-20-15-28(2)27-36(34)40(38,3)4/h6-22,27H,5,23-26H2,1-4H3. The van der Waals surface area contributed by atoms with Gasteiger partial charge in [0.25, 0.3) is 0 Å². The van der Waals surface area contributed by atoms with E-state index in [-0.39, 0.29) is 5.41 Å². The number of fused-ring (bicyclic) bond motifs is 8. The van der Waals surface area contributed by atoms with Crippen LogP contribution in [0.1, 0.15) is 54.2 Å². The number of hydrogen-bond acceptors (Lipinski definition) is 4. The number of benzene rings is 5. The van der Waals surface area contributed by atoms with Gasteiger partial charge in [0.1, 0.15) is 18.1 Å². The quantitative estimate of drug-likeness (QED) is 0.151. The summed E-state index contributed by atoms with van der Waals surface area (Å²) in [5.74, 6) is 1.73. The normalized spacial score (nSPS) is 17.4. The Morgan fingerprint density at radius 3 is 2.18 bits per heavy atom. The minimum atomic E-state index is -0.807. The molecular formula is C41H40O4. The van der Waals surface area contributed by atoms with Crippen molar-refractivity contribution in [1.82, 2.24) is 0 Å². The summed E-state index contributed by atoms with van der Waals surface area (Å²) in [6.45, 7) is 11.7. The first kappa shape index (κ1) is 29.3. The molecular weight excluding hydrogens is 556 g/mol. The van der Waals surface area contributed by atoms with Crippen molar-refractivity contribution < 1.29 is 18.9 Å². The maximum absolute atomic E-state index is 7.37. The Morgan fingerprint density at radius 1 is 0.711 bits per heavy atom. The molecule has 2 aliphatic rings. The van der Waals surface area contributed by atoms with Crippen LogP contribution in [0.15, 0.2) is 103 Å². The van der Waals surface area contributed by atoms with Gasteiger partial charge in [0, 0.05) is 34.1 Å². The van der Waals surface area contributed by atoms with E-state index in [2.05, 4.69) is 118 Å². The van der Waals surface area contributed by atoms with Gasteiger partial charge in [-0.3, -0.25) is 0 Å². The second-order valence-corrected chi connectivity index (χ2v) is 12.4. The van der Waals surface area contributed by atoms with E-state index in [1.807, 2.05) is 19.1 Å². The second-order valence-electron chi connectivity index (χ2n) is 12.4. The predicted molar refractivity (Wildman–Crippen MR) is 182 cm³/mol. The minimum absolute atomic E-state index is 0.170. The second kappa shape index (κ2) is 11.8. The Balaban J connectivity index is 1.30. The molecule has 0 saturated carbocycles. The summed E-state index contributed by atoms with van der Waals surface area (Å²) < 4.78 is 24.3.